The van der Waals surface area contributed by atoms with Crippen LogP contribution in [0.2, 0.25) is 10.0 Å². The van der Waals surface area contributed by atoms with Crippen LogP contribution in [0.1, 0.15) is 43.2 Å². The van der Waals surface area contributed by atoms with E-state index in [1.54, 1.807) is 18.2 Å². The van der Waals surface area contributed by atoms with E-state index < -0.39 is 0 Å². The molecule has 1 saturated heterocycles. The molecule has 0 N–H and O–H groups in total. The SMILES string of the molecule is O=C1S/C(=C/c2cc(Br)c(OCc3ccc(Cl)cc3Cl)c(Br)c2)C(=O)N1CC1CCCCC1. The summed E-state index contributed by atoms with van der Waals surface area (Å²) in [6, 6.07) is 8.98. The maximum atomic E-state index is 12.9. The Morgan fingerprint density at radius 2 is 1.76 bits per heavy atom. The van der Waals surface area contributed by atoms with Gasteiger partial charge in [-0.25, -0.2) is 0 Å². The second kappa shape index (κ2) is 11.2. The van der Waals surface area contributed by atoms with E-state index in [9.17, 15) is 9.59 Å². The van der Waals surface area contributed by atoms with E-state index in [-0.39, 0.29) is 17.8 Å². The van der Waals surface area contributed by atoms with E-state index in [2.05, 4.69) is 31.9 Å². The zero-order chi connectivity index (χ0) is 23.5. The van der Waals surface area contributed by atoms with Crippen LogP contribution in [0, 0.1) is 5.92 Å². The molecule has 2 aromatic rings. The van der Waals surface area contributed by atoms with Crippen molar-refractivity contribution in [1.29, 1.82) is 0 Å². The number of benzene rings is 2. The van der Waals surface area contributed by atoms with Gasteiger partial charge in [-0.15, -0.1) is 0 Å². The van der Waals surface area contributed by atoms with Gasteiger partial charge in [0.1, 0.15) is 12.4 Å². The van der Waals surface area contributed by atoms with Crippen LogP contribution in [0.4, 0.5) is 4.79 Å². The fourth-order valence-corrected chi connectivity index (χ4v) is 6.79. The van der Waals surface area contributed by atoms with E-state index in [1.807, 2.05) is 18.2 Å². The third-order valence-corrected chi connectivity index (χ3v) is 8.42. The lowest BCUT2D eigenvalue weighted by Crippen LogP contribution is -2.34. The van der Waals surface area contributed by atoms with Crippen molar-refractivity contribution in [3.05, 3.63) is 65.4 Å². The lowest BCUT2D eigenvalue weighted by Gasteiger charge is -2.25. The maximum Gasteiger partial charge on any atom is 0.293 e. The molecule has 1 saturated carbocycles. The van der Waals surface area contributed by atoms with Gasteiger partial charge in [-0.1, -0.05) is 48.5 Å². The molecule has 2 aromatic carbocycles. The molecule has 2 amide bonds. The fourth-order valence-electron chi connectivity index (χ4n) is 4.03. The van der Waals surface area contributed by atoms with Crippen LogP contribution in [0.3, 0.4) is 0 Å². The Labute approximate surface area is 224 Å². The monoisotopic (exact) mass is 631 g/mol. The number of nitrogens with zero attached hydrogens (tertiary/aromatic N) is 1. The summed E-state index contributed by atoms with van der Waals surface area (Å²) in [7, 11) is 0. The number of ether oxygens (including phenoxy) is 1. The first kappa shape index (κ1) is 25.1. The molecule has 1 aliphatic carbocycles. The highest BCUT2D eigenvalue weighted by Gasteiger charge is 2.36. The quantitative estimate of drug-likeness (QED) is 0.299. The summed E-state index contributed by atoms with van der Waals surface area (Å²) in [5.41, 5.74) is 1.60. The predicted octanol–water partition coefficient (Wildman–Crippen LogP) is 8.71. The summed E-state index contributed by atoms with van der Waals surface area (Å²) in [4.78, 5) is 27.2. The number of carbonyl (C=O) groups is 2. The van der Waals surface area contributed by atoms with Gasteiger partial charge in [0.25, 0.3) is 11.1 Å². The van der Waals surface area contributed by atoms with Crippen molar-refractivity contribution in [2.45, 2.75) is 38.7 Å². The molecule has 0 unspecified atom stereocenters. The molecular weight excluding hydrogens is 613 g/mol. The standard InChI is InChI=1S/C24H21Br2Cl2NO3S/c25-18-8-15(9-19(26)22(18)32-13-16-6-7-17(27)11-20(16)28)10-21-23(30)29(24(31)33-21)12-14-4-2-1-3-5-14/h6-11,14H,1-5,12-13H2/b21-10+. The zero-order valence-electron chi connectivity index (χ0n) is 17.6. The van der Waals surface area contributed by atoms with Crippen molar-refractivity contribution in [3.63, 3.8) is 0 Å². The summed E-state index contributed by atoms with van der Waals surface area (Å²) in [5.74, 6) is 0.824. The van der Waals surface area contributed by atoms with Crippen molar-refractivity contribution in [3.8, 4) is 5.75 Å². The Bertz CT molecular complexity index is 1100. The zero-order valence-corrected chi connectivity index (χ0v) is 23.1. The van der Waals surface area contributed by atoms with Crippen LogP contribution >= 0.6 is 66.8 Å². The van der Waals surface area contributed by atoms with Gasteiger partial charge < -0.3 is 4.74 Å². The first-order chi connectivity index (χ1) is 15.8. The van der Waals surface area contributed by atoms with Crippen molar-refractivity contribution in [2.24, 2.45) is 5.92 Å². The van der Waals surface area contributed by atoms with E-state index in [1.165, 1.54) is 24.2 Å². The summed E-state index contributed by atoms with van der Waals surface area (Å²) >= 11 is 20.3. The molecule has 2 fully saturated rings. The number of hydrogen-bond acceptors (Lipinski definition) is 4. The second-order valence-electron chi connectivity index (χ2n) is 8.13. The van der Waals surface area contributed by atoms with Gasteiger partial charge in [0.2, 0.25) is 0 Å². The molecule has 1 aliphatic heterocycles. The largest absolute Gasteiger partial charge is 0.486 e. The molecule has 0 bridgehead atoms. The minimum Gasteiger partial charge on any atom is -0.486 e. The fraction of sp³-hybridized carbons (Fsp3) is 0.333. The van der Waals surface area contributed by atoms with Gasteiger partial charge in [-0.3, -0.25) is 14.5 Å². The number of halogens is 4. The Morgan fingerprint density at radius 3 is 2.42 bits per heavy atom. The molecular formula is C24H21Br2Cl2NO3S. The summed E-state index contributed by atoms with van der Waals surface area (Å²) in [5, 5.41) is 0.920. The average molecular weight is 634 g/mol. The molecule has 0 atom stereocenters. The van der Waals surface area contributed by atoms with Crippen LogP contribution in [0.5, 0.6) is 5.75 Å². The number of thioether (sulfide) groups is 1. The molecule has 2 aliphatic rings. The highest BCUT2D eigenvalue weighted by atomic mass is 79.9. The van der Waals surface area contributed by atoms with Gasteiger partial charge in [0.05, 0.1) is 13.9 Å². The maximum absolute atomic E-state index is 12.9. The van der Waals surface area contributed by atoms with Crippen molar-refractivity contribution in [1.82, 2.24) is 4.90 Å². The third-order valence-electron chi connectivity index (χ3n) is 5.74. The molecule has 0 spiro atoms. The van der Waals surface area contributed by atoms with Crippen molar-refractivity contribution >= 4 is 84.0 Å². The number of amides is 2. The van der Waals surface area contributed by atoms with E-state index in [0.717, 1.165) is 44.7 Å². The van der Waals surface area contributed by atoms with E-state index >= 15 is 0 Å². The molecule has 1 heterocycles. The number of hydrogen-bond donors (Lipinski definition) is 0. The van der Waals surface area contributed by atoms with Gasteiger partial charge in [0, 0.05) is 22.2 Å². The van der Waals surface area contributed by atoms with Crippen LogP contribution < -0.4 is 4.74 Å². The Balaban J connectivity index is 1.47. The number of carbonyl (C=O) groups excluding carboxylic acids is 2. The van der Waals surface area contributed by atoms with Crippen LogP contribution in [0.25, 0.3) is 6.08 Å². The number of imide groups is 1. The molecule has 4 nitrogen and oxygen atoms in total. The molecule has 0 aromatic heterocycles. The number of rotatable bonds is 6. The second-order valence-corrected chi connectivity index (χ2v) is 11.7. The first-order valence-corrected chi connectivity index (χ1v) is 13.8. The summed E-state index contributed by atoms with van der Waals surface area (Å²) in [6.07, 6.45) is 7.53. The molecule has 33 heavy (non-hydrogen) atoms. The Kier molecular flexibility index (Phi) is 8.50. The average Bonchev–Trinajstić information content (AvgIpc) is 3.02. The lowest BCUT2D eigenvalue weighted by atomic mass is 9.89. The lowest BCUT2D eigenvalue weighted by molar-refractivity contribution is -0.123. The summed E-state index contributed by atoms with van der Waals surface area (Å²) < 4.78 is 7.40. The molecule has 9 heteroatoms. The van der Waals surface area contributed by atoms with Crippen molar-refractivity contribution < 1.29 is 14.3 Å². The smallest absolute Gasteiger partial charge is 0.293 e. The van der Waals surface area contributed by atoms with Crippen LogP contribution in [0.15, 0.2) is 44.2 Å². The van der Waals surface area contributed by atoms with E-state index in [0.29, 0.717) is 33.2 Å². The topological polar surface area (TPSA) is 46.6 Å². The van der Waals surface area contributed by atoms with Crippen LogP contribution in [-0.4, -0.2) is 22.6 Å². The predicted molar refractivity (Wildman–Crippen MR) is 142 cm³/mol. The van der Waals surface area contributed by atoms with Gasteiger partial charge in [-0.2, -0.15) is 0 Å². The van der Waals surface area contributed by atoms with Crippen LogP contribution in [-0.2, 0) is 11.4 Å². The Morgan fingerprint density at radius 1 is 1.06 bits per heavy atom. The van der Waals surface area contributed by atoms with Crippen molar-refractivity contribution in [2.75, 3.05) is 6.54 Å². The van der Waals surface area contributed by atoms with Gasteiger partial charge in [-0.05, 0) is 98.3 Å². The molecule has 174 valence electrons. The molecule has 4 rings (SSSR count). The third kappa shape index (κ3) is 6.17. The summed E-state index contributed by atoms with van der Waals surface area (Å²) in [6.45, 7) is 0.794. The first-order valence-electron chi connectivity index (χ1n) is 10.6. The minimum atomic E-state index is -0.208. The minimum absolute atomic E-state index is 0.185. The molecule has 0 radical (unpaired) electrons. The Hall–Kier alpha value is -0.990. The van der Waals surface area contributed by atoms with E-state index in [4.69, 9.17) is 27.9 Å². The van der Waals surface area contributed by atoms with Gasteiger partial charge >= 0.3 is 0 Å². The highest BCUT2D eigenvalue weighted by Crippen LogP contribution is 2.39. The highest BCUT2D eigenvalue weighted by molar-refractivity contribution is 9.11. The normalized spacial score (nSPS) is 18.4. The van der Waals surface area contributed by atoms with Gasteiger partial charge in [0.15, 0.2) is 0 Å².